The zero-order valence-electron chi connectivity index (χ0n) is 13.5. The molecular weight excluding hydrogens is 368 g/mol. The van der Waals surface area contributed by atoms with Crippen LogP contribution in [0.2, 0.25) is 4.34 Å². The lowest BCUT2D eigenvalue weighted by Gasteiger charge is -2.16. The summed E-state index contributed by atoms with van der Waals surface area (Å²) >= 11 is 7.20. The topological polar surface area (TPSA) is 89.8 Å². The van der Waals surface area contributed by atoms with Gasteiger partial charge in [-0.25, -0.2) is 4.79 Å². The molecule has 132 valence electrons. The summed E-state index contributed by atoms with van der Waals surface area (Å²) in [5.74, 6) is -1.16. The van der Waals surface area contributed by atoms with E-state index in [0.717, 1.165) is 4.88 Å². The van der Waals surface area contributed by atoms with E-state index in [1.165, 1.54) is 41.4 Å². The van der Waals surface area contributed by atoms with Gasteiger partial charge in [0.1, 0.15) is 0 Å². The second-order valence-electron chi connectivity index (χ2n) is 5.24. The highest BCUT2D eigenvalue weighted by molar-refractivity contribution is 7.16. The van der Waals surface area contributed by atoms with E-state index in [4.69, 9.17) is 16.3 Å². The minimum atomic E-state index is -0.776. The summed E-state index contributed by atoms with van der Waals surface area (Å²) in [5.41, 5.74) is 0.0914. The summed E-state index contributed by atoms with van der Waals surface area (Å²) in [6.07, 6.45) is 0. The van der Waals surface area contributed by atoms with E-state index >= 15 is 0 Å². The molecule has 0 aliphatic rings. The highest BCUT2D eigenvalue weighted by atomic mass is 35.5. The number of amides is 1. The SMILES string of the molecule is Cc1c(C(=O)OCC(=O)N(C)Cc2ccc(Cl)s2)cccc1[N+](=O)[O-]. The van der Waals surface area contributed by atoms with Gasteiger partial charge < -0.3 is 9.64 Å². The number of carbonyl (C=O) groups is 2. The Labute approximate surface area is 152 Å². The Morgan fingerprint density at radius 3 is 2.64 bits per heavy atom. The number of halogens is 1. The van der Waals surface area contributed by atoms with Gasteiger partial charge in [-0.3, -0.25) is 14.9 Å². The number of likely N-dealkylation sites (N-methyl/N-ethyl adjacent to an activating group) is 1. The van der Waals surface area contributed by atoms with E-state index in [1.54, 1.807) is 13.1 Å². The lowest BCUT2D eigenvalue weighted by Crippen LogP contribution is -2.30. The van der Waals surface area contributed by atoms with E-state index in [9.17, 15) is 19.7 Å². The van der Waals surface area contributed by atoms with Crippen LogP contribution in [0.5, 0.6) is 0 Å². The molecule has 0 radical (unpaired) electrons. The van der Waals surface area contributed by atoms with Crippen LogP contribution < -0.4 is 0 Å². The van der Waals surface area contributed by atoms with Crippen molar-refractivity contribution in [2.75, 3.05) is 13.7 Å². The fourth-order valence-corrected chi connectivity index (χ4v) is 3.26. The van der Waals surface area contributed by atoms with Crippen LogP contribution in [-0.2, 0) is 16.1 Å². The molecule has 7 nitrogen and oxygen atoms in total. The average molecular weight is 383 g/mol. The van der Waals surface area contributed by atoms with Gasteiger partial charge in [-0.2, -0.15) is 0 Å². The van der Waals surface area contributed by atoms with E-state index < -0.39 is 17.5 Å². The summed E-state index contributed by atoms with van der Waals surface area (Å²) in [6.45, 7) is 1.36. The lowest BCUT2D eigenvalue weighted by molar-refractivity contribution is -0.385. The molecule has 0 bridgehead atoms. The number of hydrogen-bond acceptors (Lipinski definition) is 6. The van der Waals surface area contributed by atoms with Crippen molar-refractivity contribution in [1.82, 2.24) is 4.90 Å². The molecule has 1 amide bonds. The average Bonchev–Trinajstić information content (AvgIpc) is 2.97. The fraction of sp³-hybridized carbons (Fsp3) is 0.250. The maximum Gasteiger partial charge on any atom is 0.339 e. The summed E-state index contributed by atoms with van der Waals surface area (Å²) in [5, 5.41) is 10.9. The standard InChI is InChI=1S/C16H15ClN2O5S/c1-10-12(4-3-5-13(10)19(22)23)16(21)24-9-15(20)18(2)8-11-6-7-14(17)25-11/h3-7H,8-9H2,1-2H3. The number of rotatable bonds is 6. The molecule has 0 spiro atoms. The molecule has 0 atom stereocenters. The van der Waals surface area contributed by atoms with Crippen LogP contribution in [0.4, 0.5) is 5.69 Å². The van der Waals surface area contributed by atoms with Crippen LogP contribution in [0.25, 0.3) is 0 Å². The molecule has 1 aromatic heterocycles. The highest BCUT2D eigenvalue weighted by Gasteiger charge is 2.20. The third-order valence-corrected chi connectivity index (χ3v) is 4.71. The maximum atomic E-state index is 12.1. The zero-order chi connectivity index (χ0) is 18.6. The van der Waals surface area contributed by atoms with Crippen LogP contribution in [0.3, 0.4) is 0 Å². The van der Waals surface area contributed by atoms with Crippen molar-refractivity contribution >= 4 is 40.5 Å². The smallest absolute Gasteiger partial charge is 0.339 e. The van der Waals surface area contributed by atoms with Gasteiger partial charge in [0, 0.05) is 23.6 Å². The Morgan fingerprint density at radius 1 is 1.32 bits per heavy atom. The molecule has 0 aliphatic heterocycles. The molecule has 0 fully saturated rings. The maximum absolute atomic E-state index is 12.1. The third-order valence-electron chi connectivity index (χ3n) is 3.50. The van der Waals surface area contributed by atoms with Gasteiger partial charge in [0.15, 0.2) is 6.61 Å². The molecule has 25 heavy (non-hydrogen) atoms. The number of hydrogen-bond donors (Lipinski definition) is 0. The predicted octanol–water partition coefficient (Wildman–Crippen LogP) is 3.43. The quantitative estimate of drug-likeness (QED) is 0.433. The minimum Gasteiger partial charge on any atom is -0.452 e. The first-order valence-electron chi connectivity index (χ1n) is 7.19. The number of esters is 1. The Bertz CT molecular complexity index is 821. The molecule has 1 heterocycles. The molecule has 2 aromatic rings. The summed E-state index contributed by atoms with van der Waals surface area (Å²) in [7, 11) is 1.59. The van der Waals surface area contributed by atoms with Gasteiger partial charge in [-0.05, 0) is 25.1 Å². The van der Waals surface area contributed by atoms with Crippen molar-refractivity contribution < 1.29 is 19.2 Å². The van der Waals surface area contributed by atoms with Gasteiger partial charge in [0.25, 0.3) is 11.6 Å². The van der Waals surface area contributed by atoms with Crippen molar-refractivity contribution in [1.29, 1.82) is 0 Å². The number of nitrogens with zero attached hydrogens (tertiary/aromatic N) is 2. The molecule has 9 heteroatoms. The number of thiophene rings is 1. The lowest BCUT2D eigenvalue weighted by atomic mass is 10.1. The fourth-order valence-electron chi connectivity index (χ4n) is 2.12. The first kappa shape index (κ1) is 18.9. The van der Waals surface area contributed by atoms with E-state index in [0.29, 0.717) is 10.9 Å². The molecular formula is C16H15ClN2O5S. The van der Waals surface area contributed by atoms with Crippen LogP contribution in [0, 0.1) is 17.0 Å². The first-order chi connectivity index (χ1) is 11.8. The van der Waals surface area contributed by atoms with Gasteiger partial charge in [-0.1, -0.05) is 17.7 Å². The normalized spacial score (nSPS) is 10.4. The van der Waals surface area contributed by atoms with E-state index in [-0.39, 0.29) is 22.7 Å². The van der Waals surface area contributed by atoms with Gasteiger partial charge in [0.2, 0.25) is 0 Å². The minimum absolute atomic E-state index is 0.0645. The molecule has 0 saturated carbocycles. The summed E-state index contributed by atoms with van der Waals surface area (Å²) in [4.78, 5) is 36.8. The van der Waals surface area contributed by atoms with Crippen LogP contribution in [0.1, 0.15) is 20.8 Å². The third kappa shape index (κ3) is 4.77. The molecule has 1 aromatic carbocycles. The van der Waals surface area contributed by atoms with Crippen LogP contribution in [0.15, 0.2) is 30.3 Å². The summed E-state index contributed by atoms with van der Waals surface area (Å²) in [6, 6.07) is 7.68. The van der Waals surface area contributed by atoms with Crippen molar-refractivity contribution in [2.45, 2.75) is 13.5 Å². The summed E-state index contributed by atoms with van der Waals surface area (Å²) < 4.78 is 5.62. The second-order valence-corrected chi connectivity index (χ2v) is 7.04. The number of benzene rings is 1. The van der Waals surface area contributed by atoms with Gasteiger partial charge in [-0.15, -0.1) is 11.3 Å². The Balaban J connectivity index is 1.96. The monoisotopic (exact) mass is 382 g/mol. The molecule has 0 saturated heterocycles. The number of ether oxygens (including phenoxy) is 1. The molecule has 2 rings (SSSR count). The molecule has 0 N–H and O–H groups in total. The van der Waals surface area contributed by atoms with E-state index in [1.807, 2.05) is 6.07 Å². The van der Waals surface area contributed by atoms with Gasteiger partial charge in [0.05, 0.1) is 21.4 Å². The van der Waals surface area contributed by atoms with Crippen molar-refractivity contribution in [3.05, 3.63) is 60.8 Å². The van der Waals surface area contributed by atoms with Crippen molar-refractivity contribution in [2.24, 2.45) is 0 Å². The van der Waals surface area contributed by atoms with E-state index in [2.05, 4.69) is 0 Å². The van der Waals surface area contributed by atoms with Crippen molar-refractivity contribution in [3.8, 4) is 0 Å². The number of nitro benzene ring substituents is 1. The zero-order valence-corrected chi connectivity index (χ0v) is 15.1. The first-order valence-corrected chi connectivity index (χ1v) is 8.38. The van der Waals surface area contributed by atoms with Gasteiger partial charge >= 0.3 is 5.97 Å². The Morgan fingerprint density at radius 2 is 2.04 bits per heavy atom. The highest BCUT2D eigenvalue weighted by Crippen LogP contribution is 2.23. The van der Waals surface area contributed by atoms with Crippen molar-refractivity contribution in [3.63, 3.8) is 0 Å². The molecule has 0 unspecified atom stereocenters. The predicted molar refractivity (Wildman–Crippen MR) is 93.9 cm³/mol. The van der Waals surface area contributed by atoms with Crippen LogP contribution >= 0.6 is 22.9 Å². The Hall–Kier alpha value is -2.45. The number of nitro groups is 1. The largest absolute Gasteiger partial charge is 0.452 e. The Kier molecular flexibility index (Phi) is 6.11. The molecule has 0 aliphatic carbocycles. The second kappa shape index (κ2) is 8.09. The number of carbonyl (C=O) groups excluding carboxylic acids is 2. The van der Waals surface area contributed by atoms with Crippen LogP contribution in [-0.4, -0.2) is 35.4 Å².